The van der Waals surface area contributed by atoms with Crippen molar-refractivity contribution in [3.63, 3.8) is 0 Å². The Balaban J connectivity index is 1.63. The second-order valence-corrected chi connectivity index (χ2v) is 8.67. The number of hydrogen-bond donors (Lipinski definition) is 4. The van der Waals surface area contributed by atoms with Crippen molar-refractivity contribution in [1.29, 1.82) is 0 Å². The fourth-order valence-corrected chi connectivity index (χ4v) is 4.68. The first-order chi connectivity index (χ1) is 12.0. The monoisotopic (exact) mass is 381 g/mol. The highest BCUT2D eigenvalue weighted by atomic mass is 32.2. The minimum absolute atomic E-state index is 0.221. The quantitative estimate of drug-likeness (QED) is 0.582. The summed E-state index contributed by atoms with van der Waals surface area (Å²) >= 11 is 5.37. The van der Waals surface area contributed by atoms with Crippen LogP contribution in [0.3, 0.4) is 0 Å². The molecule has 0 amide bonds. The third kappa shape index (κ3) is 5.15. The van der Waals surface area contributed by atoms with Gasteiger partial charge in [-0.05, 0) is 49.7 Å². The lowest BCUT2D eigenvalue weighted by atomic mass is 9.96. The molecule has 1 aromatic carbocycles. The average molecular weight is 382 g/mol. The number of rotatable bonds is 4. The van der Waals surface area contributed by atoms with E-state index in [2.05, 4.69) is 20.3 Å². The molecule has 1 heterocycles. The largest absolute Gasteiger partial charge is 0.360 e. The number of sulfonamides is 1. The van der Waals surface area contributed by atoms with E-state index in [1.807, 2.05) is 6.07 Å². The minimum atomic E-state index is -3.58. The summed E-state index contributed by atoms with van der Waals surface area (Å²) in [5, 5.41) is 6.97. The Kier molecular flexibility index (Phi) is 5.90. The lowest BCUT2D eigenvalue weighted by Gasteiger charge is -2.24. The minimum Gasteiger partial charge on any atom is -0.360 e. The van der Waals surface area contributed by atoms with Crippen molar-refractivity contribution < 1.29 is 13.4 Å². The topological polar surface area (TPSA) is 84.2 Å². The summed E-state index contributed by atoms with van der Waals surface area (Å²) in [6, 6.07) is 7.13. The predicted octanol–water partition coefficient (Wildman–Crippen LogP) is 0.857. The molecule has 0 spiro atoms. The van der Waals surface area contributed by atoms with Crippen LogP contribution in [0.25, 0.3) is 0 Å². The van der Waals surface area contributed by atoms with E-state index in [0.717, 1.165) is 32.2 Å². The summed E-state index contributed by atoms with van der Waals surface area (Å²) in [5.74, 6) is 0.660. The molecule has 136 valence electrons. The second-order valence-electron chi connectivity index (χ2n) is 6.58. The van der Waals surface area contributed by atoms with Gasteiger partial charge in [0.25, 0.3) is 5.84 Å². The van der Waals surface area contributed by atoms with Crippen LogP contribution in [0.1, 0.15) is 44.9 Å². The maximum Gasteiger partial charge on any atom is 0.328 e. The zero-order chi connectivity index (χ0) is 17.7. The molecule has 3 rings (SSSR count). The van der Waals surface area contributed by atoms with Gasteiger partial charge in [-0.1, -0.05) is 25.3 Å². The van der Waals surface area contributed by atoms with Gasteiger partial charge in [0.05, 0.1) is 13.0 Å². The fourth-order valence-electron chi connectivity index (χ4n) is 3.24. The number of thiocarbonyl (C=S) groups is 1. The highest BCUT2D eigenvalue weighted by molar-refractivity contribution is 7.90. The summed E-state index contributed by atoms with van der Waals surface area (Å²) in [7, 11) is -3.58. The van der Waals surface area contributed by atoms with Gasteiger partial charge in [-0.2, -0.15) is 13.1 Å². The van der Waals surface area contributed by atoms with E-state index in [1.165, 1.54) is 19.3 Å². The van der Waals surface area contributed by atoms with Crippen molar-refractivity contribution >= 4 is 38.9 Å². The van der Waals surface area contributed by atoms with Crippen LogP contribution < -0.4 is 20.3 Å². The highest BCUT2D eigenvalue weighted by Gasteiger charge is 2.24. The summed E-state index contributed by atoms with van der Waals surface area (Å²) in [6.07, 6.45) is 7.68. The molecule has 6 nitrogen and oxygen atoms in total. The number of anilines is 1. The third-order valence-corrected chi connectivity index (χ3v) is 6.15. The molecule has 2 aliphatic rings. The number of benzene rings is 1. The van der Waals surface area contributed by atoms with Gasteiger partial charge in [0.2, 0.25) is 0 Å². The number of amidine groups is 1. The van der Waals surface area contributed by atoms with Gasteiger partial charge in [0.15, 0.2) is 5.11 Å². The summed E-state index contributed by atoms with van der Waals surface area (Å²) in [4.78, 5) is 3.28. The standard InChI is InChI=1S/C17H24N4O2S2/c22-25(23,21-16-10-5-11-18-16)15-9-4-8-14(12-15)20-17(24)19-13-6-2-1-3-7-13/h4,8-9,12-13H,1-3,5-7,10-11H2,(H,18,21)(H2,19,20,24)/p+1. The van der Waals surface area contributed by atoms with Crippen LogP contribution >= 0.6 is 12.2 Å². The molecule has 1 aliphatic carbocycles. The normalized spacial score (nSPS) is 18.5. The van der Waals surface area contributed by atoms with E-state index in [1.54, 1.807) is 18.2 Å². The van der Waals surface area contributed by atoms with E-state index in [-0.39, 0.29) is 4.90 Å². The smallest absolute Gasteiger partial charge is 0.328 e. The SMILES string of the molecule is O=S(=O)(NC1=[NH+]CCC1)c1cccc(NC(=S)NC2CCCCC2)c1. The Morgan fingerprint density at radius 1 is 1.16 bits per heavy atom. The Morgan fingerprint density at radius 2 is 1.96 bits per heavy atom. The molecule has 4 N–H and O–H groups in total. The first-order valence-corrected chi connectivity index (χ1v) is 10.7. The summed E-state index contributed by atoms with van der Waals surface area (Å²) < 4.78 is 27.6. The van der Waals surface area contributed by atoms with Crippen molar-refractivity contribution in [2.24, 2.45) is 0 Å². The lowest BCUT2D eigenvalue weighted by Crippen LogP contribution is -2.72. The zero-order valence-corrected chi connectivity index (χ0v) is 15.8. The van der Waals surface area contributed by atoms with Crippen molar-refractivity contribution in [2.45, 2.75) is 55.9 Å². The van der Waals surface area contributed by atoms with E-state index in [0.29, 0.717) is 22.7 Å². The van der Waals surface area contributed by atoms with Gasteiger partial charge < -0.3 is 10.6 Å². The average Bonchev–Trinajstić information content (AvgIpc) is 3.08. The van der Waals surface area contributed by atoms with E-state index in [4.69, 9.17) is 12.2 Å². The first kappa shape index (κ1) is 18.1. The molecule has 0 radical (unpaired) electrons. The molecule has 0 bridgehead atoms. The summed E-state index contributed by atoms with van der Waals surface area (Å²) in [5.41, 5.74) is 0.667. The van der Waals surface area contributed by atoms with Gasteiger partial charge >= 0.3 is 10.0 Å². The Hall–Kier alpha value is -1.67. The highest BCUT2D eigenvalue weighted by Crippen LogP contribution is 2.18. The van der Waals surface area contributed by atoms with Crippen LogP contribution in [0.2, 0.25) is 0 Å². The van der Waals surface area contributed by atoms with Crippen LogP contribution in [-0.2, 0) is 10.0 Å². The van der Waals surface area contributed by atoms with E-state index in [9.17, 15) is 8.42 Å². The molecular weight excluding hydrogens is 356 g/mol. The van der Waals surface area contributed by atoms with Gasteiger partial charge in [-0.25, -0.2) is 0 Å². The maximum atomic E-state index is 12.5. The lowest BCUT2D eigenvalue weighted by molar-refractivity contribution is -0.448. The van der Waals surface area contributed by atoms with Gasteiger partial charge in [-0.15, -0.1) is 0 Å². The third-order valence-electron chi connectivity index (χ3n) is 4.54. The van der Waals surface area contributed by atoms with E-state index < -0.39 is 10.0 Å². The van der Waals surface area contributed by atoms with Gasteiger partial charge in [0.1, 0.15) is 4.90 Å². The Morgan fingerprint density at radius 3 is 2.68 bits per heavy atom. The van der Waals surface area contributed by atoms with Crippen LogP contribution in [0.15, 0.2) is 29.2 Å². The van der Waals surface area contributed by atoms with E-state index >= 15 is 0 Å². The van der Waals surface area contributed by atoms with Crippen molar-refractivity contribution in [3.8, 4) is 0 Å². The molecule has 0 unspecified atom stereocenters. The van der Waals surface area contributed by atoms with Crippen LogP contribution in [0, 0.1) is 0 Å². The maximum absolute atomic E-state index is 12.5. The molecule has 1 saturated carbocycles. The Bertz CT molecular complexity index is 756. The van der Waals surface area contributed by atoms with Crippen molar-refractivity contribution in [1.82, 2.24) is 10.0 Å². The molecule has 0 atom stereocenters. The summed E-state index contributed by atoms with van der Waals surface area (Å²) in [6.45, 7) is 0.806. The van der Waals surface area contributed by atoms with Crippen LogP contribution in [0.4, 0.5) is 5.69 Å². The predicted molar refractivity (Wildman–Crippen MR) is 103 cm³/mol. The Labute approximate surface area is 154 Å². The molecule has 8 heteroatoms. The molecule has 1 aliphatic heterocycles. The van der Waals surface area contributed by atoms with Gasteiger partial charge in [-0.3, -0.25) is 4.99 Å². The molecule has 0 saturated heterocycles. The van der Waals surface area contributed by atoms with Gasteiger partial charge in [0, 0.05) is 11.7 Å². The first-order valence-electron chi connectivity index (χ1n) is 8.83. The molecule has 1 fully saturated rings. The second kappa shape index (κ2) is 8.14. The van der Waals surface area contributed by atoms with Crippen molar-refractivity contribution in [3.05, 3.63) is 24.3 Å². The number of nitrogens with one attached hydrogen (secondary N) is 4. The molecule has 25 heavy (non-hydrogen) atoms. The van der Waals surface area contributed by atoms with Crippen LogP contribution in [0.5, 0.6) is 0 Å². The molecule has 1 aromatic rings. The van der Waals surface area contributed by atoms with Crippen molar-refractivity contribution in [2.75, 3.05) is 11.9 Å². The zero-order valence-electron chi connectivity index (χ0n) is 14.2. The number of hydrogen-bond acceptors (Lipinski definition) is 3. The molecular formula is C17H25N4O2S2+. The fraction of sp³-hybridized carbons (Fsp3) is 0.529. The van der Waals surface area contributed by atoms with Crippen LogP contribution in [-0.4, -0.2) is 32.0 Å². The molecule has 0 aromatic heterocycles.